The van der Waals surface area contributed by atoms with Gasteiger partial charge in [0.2, 0.25) is 0 Å². The Morgan fingerprint density at radius 1 is 0.302 bits per heavy atom. The molecule has 0 unspecified atom stereocenters. The van der Waals surface area contributed by atoms with Crippen molar-refractivity contribution in [1.29, 1.82) is 0 Å². The van der Waals surface area contributed by atoms with Gasteiger partial charge in [0.05, 0.1) is 34.2 Å². The molecule has 1 radical (unpaired) electrons. The molecule has 0 bridgehead atoms. The molecule has 16 N–H and O–H groups in total. The van der Waals surface area contributed by atoms with Crippen molar-refractivity contribution in [3.05, 3.63) is 167 Å². The number of carbonyl (C=O) groups excluding carboxylic acids is 2. The second kappa shape index (κ2) is 24.7. The minimum atomic E-state index is -1.44. The first kappa shape index (κ1) is 54.7. The van der Waals surface area contributed by atoms with Crippen molar-refractivity contribution in [2.24, 2.45) is 0 Å². The van der Waals surface area contributed by atoms with Gasteiger partial charge in [-0.1, -0.05) is 0 Å². The van der Waals surface area contributed by atoms with Crippen LogP contribution in [0.25, 0.3) is 0 Å². The first-order chi connectivity index (χ1) is 27.6. The Morgan fingerprint density at radius 2 is 0.476 bits per heavy atom. The molecule has 20 nitrogen and oxygen atoms in total. The summed E-state index contributed by atoms with van der Waals surface area (Å²) in [5, 5.41) is 58.3. The van der Waals surface area contributed by atoms with Crippen molar-refractivity contribution < 1.29 is 117 Å². The predicted molar refractivity (Wildman–Crippen MR) is 215 cm³/mol. The standard InChI is InChI=1S/2C21H14O8.Mn.4H2O/c2*22-19(23)12-1-5-15(6-2-12)28-17-9-14(21(26)27)10-18(11-17)29-16-7-3-13(4-8-16)20(24)25;;;;;/h2*1-11H,(H,22,23)(H,24,25)(H,26,27);;4*1H2/q;;+2;;;;/p+2. The molecule has 6 aromatic rings. The summed E-state index contributed by atoms with van der Waals surface area (Å²) in [5.41, 5.74) is -0.0720. The van der Waals surface area contributed by atoms with E-state index in [1.54, 1.807) is 0 Å². The summed E-state index contributed by atoms with van der Waals surface area (Å²) in [5.74, 6) is -5.52. The molecule has 0 atom stereocenters. The molecule has 0 saturated heterocycles. The number of carbonyl (C=O) groups is 6. The number of aromatic carboxylic acids is 6. The van der Waals surface area contributed by atoms with Gasteiger partial charge in [0.1, 0.15) is 46.0 Å². The Hall–Kier alpha value is -8.30. The average molecular weight is 918 g/mol. The Bertz CT molecular complexity index is 2170. The maximum Gasteiger partial charge on any atom is 2.00 e. The number of carboxylic acids is 6. The van der Waals surface area contributed by atoms with Gasteiger partial charge in [-0.25, -0.2) is 19.2 Å². The third-order valence-electron chi connectivity index (χ3n) is 7.58. The van der Waals surface area contributed by atoms with E-state index in [-0.39, 0.29) is 95.4 Å². The molecule has 0 aliphatic carbocycles. The summed E-state index contributed by atoms with van der Waals surface area (Å²) in [4.78, 5) is 66.2. The molecule has 0 aliphatic rings. The minimum absolute atomic E-state index is 0. The zero-order chi connectivity index (χ0) is 41.9. The van der Waals surface area contributed by atoms with Gasteiger partial charge < -0.3 is 81.1 Å². The molecule has 0 aromatic heterocycles. The van der Waals surface area contributed by atoms with Crippen LogP contribution in [0, 0.1) is 0 Å². The topological polar surface area (TPSA) is 398 Å². The van der Waals surface area contributed by atoms with Crippen molar-refractivity contribution in [3.63, 3.8) is 0 Å². The molecule has 6 rings (SSSR count). The van der Waals surface area contributed by atoms with Crippen LogP contribution in [0.2, 0.25) is 0 Å². The van der Waals surface area contributed by atoms with E-state index >= 15 is 0 Å². The largest absolute Gasteiger partial charge is 2.00 e. The number of hydrogen-bond donors (Lipinski definition) is 4. The Labute approximate surface area is 365 Å². The molecular formula is C42H38MnO20+4. The van der Waals surface area contributed by atoms with Crippen molar-refractivity contribution >= 4 is 35.8 Å². The molecule has 21 heteroatoms. The van der Waals surface area contributed by atoms with Gasteiger partial charge >= 0.3 is 40.9 Å². The van der Waals surface area contributed by atoms with Gasteiger partial charge in [-0.3, -0.25) is 0 Å². The van der Waals surface area contributed by atoms with E-state index in [1.807, 2.05) is 0 Å². The number of hydrogen-bond acceptors (Lipinski definition) is 12. The molecule has 0 fully saturated rings. The van der Waals surface area contributed by atoms with E-state index < -0.39 is 35.8 Å². The summed E-state index contributed by atoms with van der Waals surface area (Å²) in [6.45, 7) is 0. The van der Waals surface area contributed by atoms with Gasteiger partial charge in [0.25, 0.3) is 0 Å². The van der Waals surface area contributed by atoms with E-state index in [2.05, 4.69) is 0 Å². The van der Waals surface area contributed by atoms with Crippen LogP contribution in [0.15, 0.2) is 133 Å². The smallest absolute Gasteiger partial charge is 0.545 e. The fraction of sp³-hybridized carbons (Fsp3) is 0. The molecular weight excluding hydrogens is 879 g/mol. The second-order valence-electron chi connectivity index (χ2n) is 11.7. The zero-order valence-electron chi connectivity index (χ0n) is 32.1. The zero-order valence-corrected chi connectivity index (χ0v) is 33.3. The van der Waals surface area contributed by atoms with E-state index in [9.17, 15) is 39.0 Å². The molecule has 0 spiro atoms. The van der Waals surface area contributed by atoms with Crippen molar-refractivity contribution in [1.82, 2.24) is 0 Å². The van der Waals surface area contributed by atoms with E-state index in [4.69, 9.17) is 39.4 Å². The SMILES string of the molecule is O=C([O-])c1cc(Oc2ccc(C(=O)O)cc2)cc(Oc2ccc(C(=O)O)cc2)c1.O=C([O-])c1cc(Oc2ccc(C(=O)O)cc2)cc(Oc2ccc(C(=O)O)cc2)c1.[Mn+2].[OH3+].[OH3+].[OH3+].[OH3+]. The molecule has 0 amide bonds. The number of benzene rings is 6. The van der Waals surface area contributed by atoms with Gasteiger partial charge in [0.15, 0.2) is 0 Å². The summed E-state index contributed by atoms with van der Waals surface area (Å²) in [6, 6.07) is 30.1. The maximum absolute atomic E-state index is 11.3. The van der Waals surface area contributed by atoms with Crippen molar-refractivity contribution in [2.45, 2.75) is 0 Å². The molecule has 63 heavy (non-hydrogen) atoms. The summed E-state index contributed by atoms with van der Waals surface area (Å²) < 4.78 is 22.4. The summed E-state index contributed by atoms with van der Waals surface area (Å²) in [7, 11) is 0. The quantitative estimate of drug-likeness (QED) is 0.0900. The van der Waals surface area contributed by atoms with E-state index in [0.29, 0.717) is 23.0 Å². The monoisotopic (exact) mass is 917 g/mol. The first-order valence-corrected chi connectivity index (χ1v) is 16.4. The predicted octanol–water partition coefficient (Wildman–Crippen LogP) is 2.37. The number of ether oxygens (including phenoxy) is 4. The summed E-state index contributed by atoms with van der Waals surface area (Å²) >= 11 is 0. The van der Waals surface area contributed by atoms with E-state index in [1.165, 1.54) is 133 Å². The fourth-order valence-corrected chi connectivity index (χ4v) is 4.82. The molecule has 0 saturated carbocycles. The third kappa shape index (κ3) is 15.7. The summed E-state index contributed by atoms with van der Waals surface area (Å²) in [6.07, 6.45) is 0. The Kier molecular flexibility index (Phi) is 21.4. The van der Waals surface area contributed by atoms with Gasteiger partial charge in [-0.2, -0.15) is 0 Å². The normalized spacial score (nSPS) is 9.40. The van der Waals surface area contributed by atoms with Crippen LogP contribution in [0.1, 0.15) is 62.1 Å². The van der Waals surface area contributed by atoms with Crippen LogP contribution in [0.4, 0.5) is 0 Å². The third-order valence-corrected chi connectivity index (χ3v) is 7.58. The maximum atomic E-state index is 11.3. The van der Waals surface area contributed by atoms with Gasteiger partial charge in [-0.05, 0) is 121 Å². The number of carboxylic acid groups (broad SMARTS) is 6. The van der Waals surface area contributed by atoms with Gasteiger partial charge in [0, 0.05) is 23.3 Å². The molecule has 0 aliphatic heterocycles. The van der Waals surface area contributed by atoms with Crippen LogP contribution in [-0.4, -0.2) is 56.2 Å². The van der Waals surface area contributed by atoms with Crippen LogP contribution >= 0.6 is 0 Å². The van der Waals surface area contributed by atoms with E-state index in [0.717, 1.165) is 0 Å². The second-order valence-corrected chi connectivity index (χ2v) is 11.7. The minimum Gasteiger partial charge on any atom is -0.545 e. The Balaban J connectivity index is 0.00000113. The Morgan fingerprint density at radius 3 is 0.619 bits per heavy atom. The van der Waals surface area contributed by atoms with Crippen molar-refractivity contribution in [2.75, 3.05) is 0 Å². The van der Waals surface area contributed by atoms with Crippen LogP contribution < -0.4 is 29.2 Å². The number of rotatable bonds is 14. The molecule has 329 valence electrons. The fourth-order valence-electron chi connectivity index (χ4n) is 4.82. The van der Waals surface area contributed by atoms with Crippen LogP contribution in [-0.2, 0) is 39.0 Å². The van der Waals surface area contributed by atoms with Crippen molar-refractivity contribution in [3.8, 4) is 46.0 Å². The van der Waals surface area contributed by atoms with Gasteiger partial charge in [-0.15, -0.1) is 0 Å². The van der Waals surface area contributed by atoms with Crippen LogP contribution in [0.3, 0.4) is 0 Å². The molecule has 0 heterocycles. The first-order valence-electron chi connectivity index (χ1n) is 16.4. The average Bonchev–Trinajstić information content (AvgIpc) is 3.19. The van der Waals surface area contributed by atoms with Crippen LogP contribution in [0.5, 0.6) is 46.0 Å². The molecule has 6 aromatic carbocycles.